The topological polar surface area (TPSA) is 89.1 Å². The lowest BCUT2D eigenvalue weighted by atomic mass is 10.3. The second-order valence-electron chi connectivity index (χ2n) is 2.93. The van der Waals surface area contributed by atoms with Crippen molar-refractivity contribution in [1.82, 2.24) is 9.97 Å². The monoisotopic (exact) mass is 299 g/mol. The molecule has 7 heteroatoms. The Balaban J connectivity index is 2.45. The molecule has 0 aliphatic carbocycles. The maximum Gasteiger partial charge on any atom is 0.341 e. The van der Waals surface area contributed by atoms with Crippen LogP contribution in [0.15, 0.2) is 22.1 Å². The molecule has 0 unspecified atom stereocenters. The average molecular weight is 300 g/mol. The standard InChI is InChI=1S/C9H6BrN3O2S/c10-4-1-6(16-3-4)8-12-2-5(9(14)15)7(11)13-8/h1-3H,(H,14,15)(H2,11,12,13). The summed E-state index contributed by atoms with van der Waals surface area (Å²) in [6, 6.07) is 1.85. The van der Waals surface area contributed by atoms with Crippen molar-refractivity contribution in [2.45, 2.75) is 0 Å². The van der Waals surface area contributed by atoms with Crippen LogP contribution in [0, 0.1) is 0 Å². The molecule has 0 fully saturated rings. The van der Waals surface area contributed by atoms with Gasteiger partial charge in [-0.3, -0.25) is 0 Å². The summed E-state index contributed by atoms with van der Waals surface area (Å²) in [5.74, 6) is -0.725. The first kappa shape index (κ1) is 11.0. The molecule has 2 aromatic heterocycles. The molecule has 5 nitrogen and oxygen atoms in total. The highest BCUT2D eigenvalue weighted by molar-refractivity contribution is 9.10. The molecule has 3 N–H and O–H groups in total. The van der Waals surface area contributed by atoms with E-state index >= 15 is 0 Å². The summed E-state index contributed by atoms with van der Waals surface area (Å²) in [5, 5.41) is 10.7. The van der Waals surface area contributed by atoms with Gasteiger partial charge in [0, 0.05) is 16.0 Å². The Bertz CT molecular complexity index is 555. The number of anilines is 1. The third-order valence-corrected chi connectivity index (χ3v) is 3.52. The first-order valence-corrected chi connectivity index (χ1v) is 5.85. The van der Waals surface area contributed by atoms with Gasteiger partial charge in [0.1, 0.15) is 11.4 Å². The lowest BCUT2D eigenvalue weighted by Gasteiger charge is -2.00. The molecule has 0 spiro atoms. The summed E-state index contributed by atoms with van der Waals surface area (Å²) in [5.41, 5.74) is 5.44. The van der Waals surface area contributed by atoms with Gasteiger partial charge in [-0.2, -0.15) is 0 Å². The van der Waals surface area contributed by atoms with E-state index in [1.807, 2.05) is 11.4 Å². The van der Waals surface area contributed by atoms with E-state index in [4.69, 9.17) is 10.8 Å². The van der Waals surface area contributed by atoms with Crippen LogP contribution in [0.1, 0.15) is 10.4 Å². The largest absolute Gasteiger partial charge is 0.477 e. The molecule has 2 aromatic rings. The van der Waals surface area contributed by atoms with Crippen molar-refractivity contribution in [2.24, 2.45) is 0 Å². The third kappa shape index (κ3) is 2.05. The van der Waals surface area contributed by atoms with Crippen LogP contribution >= 0.6 is 27.3 Å². The quantitative estimate of drug-likeness (QED) is 0.888. The molecule has 0 bridgehead atoms. The number of aromatic carboxylic acids is 1. The highest BCUT2D eigenvalue weighted by Gasteiger charge is 2.12. The molecule has 0 saturated carbocycles. The number of halogens is 1. The maximum absolute atomic E-state index is 10.7. The second kappa shape index (κ2) is 4.18. The smallest absolute Gasteiger partial charge is 0.341 e. The van der Waals surface area contributed by atoms with Gasteiger partial charge in [0.15, 0.2) is 5.82 Å². The Morgan fingerprint density at radius 3 is 2.81 bits per heavy atom. The van der Waals surface area contributed by atoms with Crippen LogP contribution in [0.4, 0.5) is 5.82 Å². The van der Waals surface area contributed by atoms with Crippen LogP contribution in [0.3, 0.4) is 0 Å². The second-order valence-corrected chi connectivity index (χ2v) is 4.75. The first-order chi connectivity index (χ1) is 7.58. The van der Waals surface area contributed by atoms with E-state index in [1.54, 1.807) is 0 Å². The number of carboxylic acid groups (broad SMARTS) is 1. The molecule has 0 aliphatic rings. The van der Waals surface area contributed by atoms with Crippen LogP contribution in [0.25, 0.3) is 10.7 Å². The number of aromatic nitrogens is 2. The zero-order valence-electron chi connectivity index (χ0n) is 7.85. The predicted octanol–water partition coefficient (Wildman–Crippen LogP) is 2.25. The Morgan fingerprint density at radius 2 is 2.31 bits per heavy atom. The summed E-state index contributed by atoms with van der Waals surface area (Å²) in [7, 11) is 0. The average Bonchev–Trinajstić information content (AvgIpc) is 2.64. The van der Waals surface area contributed by atoms with Gasteiger partial charge in [-0.15, -0.1) is 11.3 Å². The van der Waals surface area contributed by atoms with Crippen LogP contribution < -0.4 is 5.73 Å². The molecule has 0 aliphatic heterocycles. The molecule has 0 atom stereocenters. The third-order valence-electron chi connectivity index (χ3n) is 1.84. The molecule has 2 heterocycles. The fourth-order valence-electron chi connectivity index (χ4n) is 1.11. The number of nitrogen functional groups attached to an aromatic ring is 1. The highest BCUT2D eigenvalue weighted by Crippen LogP contribution is 2.28. The van der Waals surface area contributed by atoms with Crippen molar-refractivity contribution in [3.63, 3.8) is 0 Å². The van der Waals surface area contributed by atoms with Crippen molar-refractivity contribution in [3.05, 3.63) is 27.7 Å². The fraction of sp³-hybridized carbons (Fsp3) is 0. The van der Waals surface area contributed by atoms with E-state index < -0.39 is 5.97 Å². The van der Waals surface area contributed by atoms with Gasteiger partial charge in [0.25, 0.3) is 0 Å². The molecular formula is C9H6BrN3O2S. The lowest BCUT2D eigenvalue weighted by Crippen LogP contribution is -2.06. The lowest BCUT2D eigenvalue weighted by molar-refractivity contribution is 0.0697. The SMILES string of the molecule is Nc1nc(-c2cc(Br)cs2)ncc1C(=O)O. The molecule has 0 amide bonds. The van der Waals surface area contributed by atoms with Crippen LogP contribution in [0.5, 0.6) is 0 Å². The molecule has 0 radical (unpaired) electrons. The van der Waals surface area contributed by atoms with Crippen LogP contribution in [-0.2, 0) is 0 Å². The molecule has 2 rings (SSSR count). The number of carbonyl (C=O) groups is 1. The van der Waals surface area contributed by atoms with E-state index in [0.717, 1.165) is 9.35 Å². The molecule has 0 saturated heterocycles. The minimum atomic E-state index is -1.13. The van der Waals surface area contributed by atoms with E-state index in [1.165, 1.54) is 17.5 Å². The Hall–Kier alpha value is -1.47. The zero-order valence-corrected chi connectivity index (χ0v) is 10.2. The van der Waals surface area contributed by atoms with E-state index in [0.29, 0.717) is 5.82 Å². The normalized spacial score (nSPS) is 10.3. The number of rotatable bonds is 2. The van der Waals surface area contributed by atoms with Crippen molar-refractivity contribution in [1.29, 1.82) is 0 Å². The van der Waals surface area contributed by atoms with E-state index in [9.17, 15) is 4.79 Å². The van der Waals surface area contributed by atoms with E-state index in [2.05, 4.69) is 25.9 Å². The Morgan fingerprint density at radius 1 is 1.56 bits per heavy atom. The minimum Gasteiger partial charge on any atom is -0.477 e. The van der Waals surface area contributed by atoms with Gasteiger partial charge >= 0.3 is 5.97 Å². The summed E-state index contributed by atoms with van der Waals surface area (Å²) in [6.45, 7) is 0. The number of nitrogens with two attached hydrogens (primary N) is 1. The van der Waals surface area contributed by atoms with E-state index in [-0.39, 0.29) is 11.4 Å². The zero-order chi connectivity index (χ0) is 11.7. The van der Waals surface area contributed by atoms with Crippen molar-refractivity contribution < 1.29 is 9.90 Å². The van der Waals surface area contributed by atoms with Crippen molar-refractivity contribution in [2.75, 3.05) is 5.73 Å². The van der Waals surface area contributed by atoms with Gasteiger partial charge in [-0.05, 0) is 22.0 Å². The summed E-state index contributed by atoms with van der Waals surface area (Å²) >= 11 is 4.77. The molecule has 82 valence electrons. The first-order valence-electron chi connectivity index (χ1n) is 4.18. The van der Waals surface area contributed by atoms with Gasteiger partial charge in [-0.25, -0.2) is 14.8 Å². The summed E-state index contributed by atoms with van der Waals surface area (Å²) in [4.78, 5) is 19.5. The fourth-order valence-corrected chi connectivity index (χ4v) is 2.48. The molecule has 16 heavy (non-hydrogen) atoms. The van der Waals surface area contributed by atoms with Crippen molar-refractivity contribution >= 4 is 39.1 Å². The highest BCUT2D eigenvalue weighted by atomic mass is 79.9. The number of hydrogen-bond donors (Lipinski definition) is 2. The van der Waals surface area contributed by atoms with Gasteiger partial charge < -0.3 is 10.8 Å². The minimum absolute atomic E-state index is 0.0259. The van der Waals surface area contributed by atoms with Gasteiger partial charge in [0.05, 0.1) is 4.88 Å². The van der Waals surface area contributed by atoms with Crippen LogP contribution in [-0.4, -0.2) is 21.0 Å². The summed E-state index contributed by atoms with van der Waals surface area (Å²) < 4.78 is 0.928. The number of carboxylic acids is 1. The van der Waals surface area contributed by atoms with Gasteiger partial charge in [-0.1, -0.05) is 0 Å². The molecular weight excluding hydrogens is 294 g/mol. The maximum atomic E-state index is 10.7. The predicted molar refractivity (Wildman–Crippen MR) is 64.4 cm³/mol. The van der Waals surface area contributed by atoms with Gasteiger partial charge in [0.2, 0.25) is 0 Å². The Labute approximate surface area is 103 Å². The molecule has 0 aromatic carbocycles. The number of nitrogens with zero attached hydrogens (tertiary/aromatic N) is 2. The van der Waals surface area contributed by atoms with Crippen molar-refractivity contribution in [3.8, 4) is 10.7 Å². The number of hydrogen-bond acceptors (Lipinski definition) is 5. The summed E-state index contributed by atoms with van der Waals surface area (Å²) in [6.07, 6.45) is 1.22. The van der Waals surface area contributed by atoms with Crippen LogP contribution in [0.2, 0.25) is 0 Å². The number of thiophene rings is 1. The Kier molecular flexibility index (Phi) is 2.88.